The molecule has 3 nitrogen and oxygen atoms in total. The van der Waals surface area contributed by atoms with Gasteiger partial charge in [0.1, 0.15) is 5.01 Å². The lowest BCUT2D eigenvalue weighted by Crippen LogP contribution is -2.42. The third-order valence-electron chi connectivity index (χ3n) is 4.95. The van der Waals surface area contributed by atoms with Crippen molar-refractivity contribution in [1.29, 1.82) is 0 Å². The molecule has 0 bridgehead atoms. The molecule has 0 aliphatic carbocycles. The van der Waals surface area contributed by atoms with Crippen molar-refractivity contribution in [3.8, 4) is 10.6 Å². The molecule has 0 N–H and O–H groups in total. The van der Waals surface area contributed by atoms with E-state index in [0.29, 0.717) is 12.5 Å². The van der Waals surface area contributed by atoms with Crippen molar-refractivity contribution in [2.75, 3.05) is 6.54 Å². The van der Waals surface area contributed by atoms with Gasteiger partial charge in [0.05, 0.1) is 16.6 Å². The van der Waals surface area contributed by atoms with E-state index in [0.717, 1.165) is 41.0 Å². The van der Waals surface area contributed by atoms with E-state index in [1.807, 2.05) is 35.2 Å². The highest BCUT2D eigenvalue weighted by Crippen LogP contribution is 2.30. The smallest absolute Gasteiger partial charge is 0.227 e. The van der Waals surface area contributed by atoms with Crippen molar-refractivity contribution in [3.05, 3.63) is 54.1 Å². The van der Waals surface area contributed by atoms with E-state index in [1.165, 1.54) is 11.1 Å². The lowest BCUT2D eigenvalue weighted by atomic mass is 10.0. The van der Waals surface area contributed by atoms with Gasteiger partial charge in [-0.3, -0.25) is 4.79 Å². The normalized spacial score (nSPS) is 17.8. The van der Waals surface area contributed by atoms with E-state index in [4.69, 9.17) is 4.98 Å². The Morgan fingerprint density at radius 3 is 2.92 bits per heavy atom. The number of carbonyl (C=O) groups excluding carboxylic acids is 1. The van der Waals surface area contributed by atoms with Gasteiger partial charge in [0, 0.05) is 18.2 Å². The summed E-state index contributed by atoms with van der Waals surface area (Å²) in [6, 6.07) is 16.8. The van der Waals surface area contributed by atoms with Crippen LogP contribution in [0.4, 0.5) is 0 Å². The molecule has 25 heavy (non-hydrogen) atoms. The maximum absolute atomic E-state index is 12.7. The predicted octanol–water partition coefficient (Wildman–Crippen LogP) is 4.91. The average Bonchev–Trinajstić information content (AvgIpc) is 3.06. The first kappa shape index (κ1) is 16.3. The van der Waals surface area contributed by atoms with Crippen LogP contribution in [-0.4, -0.2) is 28.4 Å². The summed E-state index contributed by atoms with van der Waals surface area (Å²) in [6.07, 6.45) is 3.96. The van der Waals surface area contributed by atoms with Crippen LogP contribution in [0.25, 0.3) is 20.8 Å². The summed E-state index contributed by atoms with van der Waals surface area (Å²) in [5.74, 6) is 0.244. The lowest BCUT2D eigenvalue weighted by molar-refractivity contribution is -0.133. The van der Waals surface area contributed by atoms with E-state index in [2.05, 4.69) is 25.1 Å². The molecule has 1 aliphatic rings. The minimum Gasteiger partial charge on any atom is -0.340 e. The van der Waals surface area contributed by atoms with Gasteiger partial charge in [-0.1, -0.05) is 30.3 Å². The predicted molar refractivity (Wildman–Crippen MR) is 104 cm³/mol. The molecular weight excluding hydrogens is 328 g/mol. The number of hydrogen-bond acceptors (Lipinski definition) is 3. The maximum atomic E-state index is 12.7. The van der Waals surface area contributed by atoms with E-state index in [-0.39, 0.29) is 5.91 Å². The largest absolute Gasteiger partial charge is 0.340 e. The van der Waals surface area contributed by atoms with Crippen LogP contribution >= 0.6 is 11.3 Å². The summed E-state index contributed by atoms with van der Waals surface area (Å²) in [5, 5.41) is 1.02. The molecule has 0 spiro atoms. The summed E-state index contributed by atoms with van der Waals surface area (Å²) in [6.45, 7) is 3.06. The fourth-order valence-electron chi connectivity index (χ4n) is 3.55. The topological polar surface area (TPSA) is 33.2 Å². The van der Waals surface area contributed by atoms with Crippen LogP contribution in [0.5, 0.6) is 0 Å². The van der Waals surface area contributed by atoms with Crippen LogP contribution in [0, 0.1) is 0 Å². The Morgan fingerprint density at radius 2 is 2.08 bits per heavy atom. The number of carbonyl (C=O) groups is 1. The van der Waals surface area contributed by atoms with Crippen LogP contribution in [-0.2, 0) is 11.2 Å². The molecular formula is C21H22N2OS. The fraction of sp³-hybridized carbons (Fsp3) is 0.333. The Bertz CT molecular complexity index is 869. The molecule has 1 amide bonds. The number of thiazole rings is 1. The first-order valence-corrected chi connectivity index (χ1v) is 9.77. The van der Waals surface area contributed by atoms with Crippen molar-refractivity contribution in [2.45, 2.75) is 38.6 Å². The molecule has 2 aromatic carbocycles. The summed E-state index contributed by atoms with van der Waals surface area (Å²) < 4.78 is 1.20. The molecule has 128 valence electrons. The molecule has 0 unspecified atom stereocenters. The van der Waals surface area contributed by atoms with Crippen LogP contribution in [0.15, 0.2) is 48.5 Å². The van der Waals surface area contributed by atoms with E-state index >= 15 is 0 Å². The number of nitrogens with zero attached hydrogens (tertiary/aromatic N) is 2. The Morgan fingerprint density at radius 1 is 1.20 bits per heavy atom. The Balaban J connectivity index is 1.56. The molecule has 1 atom stereocenters. The lowest BCUT2D eigenvalue weighted by Gasteiger charge is -2.33. The minimum atomic E-state index is 0.244. The second-order valence-corrected chi connectivity index (χ2v) is 7.83. The van der Waals surface area contributed by atoms with Crippen molar-refractivity contribution in [3.63, 3.8) is 0 Å². The Hall–Kier alpha value is -2.20. The number of fused-ring (bicyclic) bond motifs is 1. The molecule has 4 heteroatoms. The van der Waals surface area contributed by atoms with Gasteiger partial charge in [-0.2, -0.15) is 0 Å². The van der Waals surface area contributed by atoms with Gasteiger partial charge in [-0.15, -0.1) is 11.3 Å². The molecule has 1 aromatic heterocycles. The number of amides is 1. The summed E-state index contributed by atoms with van der Waals surface area (Å²) >= 11 is 1.70. The fourth-order valence-corrected chi connectivity index (χ4v) is 4.52. The van der Waals surface area contributed by atoms with Crippen LogP contribution in [0.1, 0.15) is 31.7 Å². The molecule has 4 rings (SSSR count). The quantitative estimate of drug-likeness (QED) is 0.672. The van der Waals surface area contributed by atoms with Gasteiger partial charge in [-0.25, -0.2) is 4.98 Å². The van der Waals surface area contributed by atoms with Gasteiger partial charge in [0.2, 0.25) is 5.91 Å². The van der Waals surface area contributed by atoms with Crippen molar-refractivity contribution in [1.82, 2.24) is 9.88 Å². The number of likely N-dealkylation sites (tertiary alicyclic amines) is 1. The average molecular weight is 350 g/mol. The van der Waals surface area contributed by atoms with Gasteiger partial charge in [-0.05, 0) is 49.9 Å². The highest BCUT2D eigenvalue weighted by Gasteiger charge is 2.23. The Labute approximate surface area is 152 Å². The first-order chi connectivity index (χ1) is 12.2. The number of rotatable bonds is 3. The maximum Gasteiger partial charge on any atom is 0.227 e. The monoisotopic (exact) mass is 350 g/mol. The van der Waals surface area contributed by atoms with Crippen molar-refractivity contribution in [2.24, 2.45) is 0 Å². The number of para-hydroxylation sites is 1. The highest BCUT2D eigenvalue weighted by molar-refractivity contribution is 7.21. The molecule has 3 aromatic rings. The van der Waals surface area contributed by atoms with Crippen molar-refractivity contribution < 1.29 is 4.79 Å². The van der Waals surface area contributed by atoms with Crippen LogP contribution in [0.3, 0.4) is 0 Å². The first-order valence-electron chi connectivity index (χ1n) is 8.95. The second kappa shape index (κ2) is 6.96. The summed E-state index contributed by atoms with van der Waals surface area (Å²) in [4.78, 5) is 19.5. The number of piperidine rings is 1. The highest BCUT2D eigenvalue weighted by atomic mass is 32.1. The SMILES string of the molecule is C[C@H]1CCCCN1C(=O)Cc1cccc(-c2nc3ccccc3s2)c1. The minimum absolute atomic E-state index is 0.244. The van der Waals surface area contributed by atoms with Crippen LogP contribution in [0.2, 0.25) is 0 Å². The van der Waals surface area contributed by atoms with Gasteiger partial charge in [0.25, 0.3) is 0 Å². The number of hydrogen-bond donors (Lipinski definition) is 0. The third kappa shape index (κ3) is 3.45. The molecule has 0 saturated carbocycles. The summed E-state index contributed by atoms with van der Waals surface area (Å²) in [5.41, 5.74) is 3.20. The van der Waals surface area contributed by atoms with Crippen molar-refractivity contribution >= 4 is 27.5 Å². The molecule has 2 heterocycles. The zero-order valence-electron chi connectivity index (χ0n) is 14.4. The zero-order chi connectivity index (χ0) is 17.2. The molecule has 1 aliphatic heterocycles. The Kier molecular flexibility index (Phi) is 4.53. The standard InChI is InChI=1S/C21H22N2OS/c1-15-7-4-5-12-23(15)20(24)14-16-8-6-9-17(13-16)21-22-18-10-2-3-11-19(18)25-21/h2-3,6,8-11,13,15H,4-5,7,12,14H2,1H3/t15-/m0/s1. The molecule has 0 radical (unpaired) electrons. The third-order valence-corrected chi connectivity index (χ3v) is 6.03. The van der Waals surface area contributed by atoms with Crippen LogP contribution < -0.4 is 0 Å². The summed E-state index contributed by atoms with van der Waals surface area (Å²) in [7, 11) is 0. The van der Waals surface area contributed by atoms with Gasteiger partial charge >= 0.3 is 0 Å². The number of benzene rings is 2. The zero-order valence-corrected chi connectivity index (χ0v) is 15.3. The molecule has 1 saturated heterocycles. The van der Waals surface area contributed by atoms with E-state index in [9.17, 15) is 4.79 Å². The van der Waals surface area contributed by atoms with E-state index < -0.39 is 0 Å². The van der Waals surface area contributed by atoms with Gasteiger partial charge in [0.15, 0.2) is 0 Å². The number of aromatic nitrogens is 1. The van der Waals surface area contributed by atoms with E-state index in [1.54, 1.807) is 11.3 Å². The molecule has 1 fully saturated rings. The van der Waals surface area contributed by atoms with Gasteiger partial charge < -0.3 is 4.90 Å². The second-order valence-electron chi connectivity index (χ2n) is 6.80.